The molecule has 0 unspecified atom stereocenters. The van der Waals surface area contributed by atoms with Gasteiger partial charge in [0.1, 0.15) is 5.65 Å². The Kier molecular flexibility index (Phi) is 5.86. The summed E-state index contributed by atoms with van der Waals surface area (Å²) in [6, 6.07) is 1.32. The van der Waals surface area contributed by atoms with Crippen molar-refractivity contribution < 1.29 is 19.1 Å². The van der Waals surface area contributed by atoms with Gasteiger partial charge >= 0.3 is 11.9 Å². The van der Waals surface area contributed by atoms with Crippen molar-refractivity contribution in [1.29, 1.82) is 0 Å². The van der Waals surface area contributed by atoms with Crippen molar-refractivity contribution in [1.82, 2.24) is 14.2 Å². The second-order valence-corrected chi connectivity index (χ2v) is 5.84. The number of hydrogen-bond donors (Lipinski definition) is 0. The van der Waals surface area contributed by atoms with Crippen molar-refractivity contribution in [3.8, 4) is 0 Å². The summed E-state index contributed by atoms with van der Waals surface area (Å²) in [5.41, 5.74) is -1.19. The molecule has 10 nitrogen and oxygen atoms in total. The maximum absolute atomic E-state index is 12.8. The van der Waals surface area contributed by atoms with Gasteiger partial charge in [-0.15, -0.1) is 4.91 Å². The smallest absolute Gasteiger partial charge is 0.358 e. The second kappa shape index (κ2) is 7.89. The highest BCUT2D eigenvalue weighted by molar-refractivity contribution is 5.94. The predicted molar refractivity (Wildman–Crippen MR) is 91.7 cm³/mol. The number of nitrogens with zero attached hydrogens (tertiary/aromatic N) is 4. The molecule has 2 aromatic rings. The molecule has 0 radical (unpaired) electrons. The molecule has 0 aromatic carbocycles. The van der Waals surface area contributed by atoms with Crippen LogP contribution in [0.4, 0.5) is 5.82 Å². The number of fused-ring (bicyclic) bond motifs is 1. The van der Waals surface area contributed by atoms with E-state index in [0.29, 0.717) is 0 Å². The van der Waals surface area contributed by atoms with E-state index < -0.39 is 28.9 Å². The van der Waals surface area contributed by atoms with E-state index in [9.17, 15) is 19.3 Å². The Morgan fingerprint density at radius 3 is 2.35 bits per heavy atom. The molecule has 0 fully saturated rings. The SMILES string of the molecule is CCOC(=O)c1cc2n(CC(C)C)c(=O)c(C(=O)OCC)c(N=O)n2n1. The van der Waals surface area contributed by atoms with E-state index in [1.54, 1.807) is 13.8 Å². The summed E-state index contributed by atoms with van der Waals surface area (Å²) in [6.07, 6.45) is 0. The van der Waals surface area contributed by atoms with Crippen LogP contribution in [0.15, 0.2) is 16.0 Å². The fourth-order valence-electron chi connectivity index (χ4n) is 2.47. The largest absolute Gasteiger partial charge is 0.462 e. The molecule has 26 heavy (non-hydrogen) atoms. The van der Waals surface area contributed by atoms with Gasteiger partial charge in [0.2, 0.25) is 5.82 Å². The van der Waals surface area contributed by atoms with Gasteiger partial charge in [0, 0.05) is 12.6 Å². The van der Waals surface area contributed by atoms with Gasteiger partial charge in [0.05, 0.1) is 13.2 Å². The minimum atomic E-state index is -0.973. The van der Waals surface area contributed by atoms with E-state index in [0.717, 1.165) is 4.52 Å². The molecule has 0 saturated heterocycles. The molecule has 0 bridgehead atoms. The third-order valence-electron chi connectivity index (χ3n) is 3.45. The van der Waals surface area contributed by atoms with E-state index in [4.69, 9.17) is 9.47 Å². The van der Waals surface area contributed by atoms with Crippen LogP contribution in [0.5, 0.6) is 0 Å². The third-order valence-corrected chi connectivity index (χ3v) is 3.45. The van der Waals surface area contributed by atoms with Crippen LogP contribution in [0.1, 0.15) is 48.5 Å². The van der Waals surface area contributed by atoms with Crippen molar-refractivity contribution in [3.05, 3.63) is 32.6 Å². The molecule has 0 atom stereocenters. The monoisotopic (exact) mass is 364 g/mol. The quantitative estimate of drug-likeness (QED) is 0.543. The zero-order valence-electron chi connectivity index (χ0n) is 15.0. The van der Waals surface area contributed by atoms with Crippen LogP contribution in [-0.2, 0) is 16.0 Å². The fourth-order valence-corrected chi connectivity index (χ4v) is 2.47. The third kappa shape index (κ3) is 3.48. The maximum atomic E-state index is 12.8. The van der Waals surface area contributed by atoms with Crippen molar-refractivity contribution >= 4 is 23.4 Å². The van der Waals surface area contributed by atoms with Gasteiger partial charge in [0.15, 0.2) is 11.3 Å². The standard InChI is InChI=1S/C16H20N4O6/c1-5-25-15(22)10-7-11-19(8-9(3)4)14(21)12(16(23)26-6-2)13(18-24)20(11)17-10/h7,9H,5-6,8H2,1-4H3. The van der Waals surface area contributed by atoms with Crippen LogP contribution in [0.2, 0.25) is 0 Å². The van der Waals surface area contributed by atoms with E-state index >= 15 is 0 Å². The molecule has 10 heteroatoms. The van der Waals surface area contributed by atoms with E-state index in [2.05, 4.69) is 10.3 Å². The summed E-state index contributed by atoms with van der Waals surface area (Å²) in [5, 5.41) is 6.78. The van der Waals surface area contributed by atoms with E-state index in [1.807, 2.05) is 13.8 Å². The van der Waals surface area contributed by atoms with Crippen molar-refractivity contribution in [2.24, 2.45) is 11.1 Å². The Morgan fingerprint density at radius 2 is 1.81 bits per heavy atom. The minimum absolute atomic E-state index is 0.0198. The number of aromatic nitrogens is 3. The molecule has 0 spiro atoms. The van der Waals surface area contributed by atoms with Crippen LogP contribution in [0.25, 0.3) is 5.65 Å². The molecule has 0 aliphatic carbocycles. The van der Waals surface area contributed by atoms with Gasteiger partial charge < -0.3 is 9.47 Å². The van der Waals surface area contributed by atoms with Crippen LogP contribution in [-0.4, -0.2) is 39.3 Å². The molecule has 0 aliphatic heterocycles. The highest BCUT2D eigenvalue weighted by Gasteiger charge is 2.27. The number of ether oxygens (including phenoxy) is 2. The fraction of sp³-hybridized carbons (Fsp3) is 0.500. The van der Waals surface area contributed by atoms with Gasteiger partial charge in [-0.3, -0.25) is 9.36 Å². The lowest BCUT2D eigenvalue weighted by molar-refractivity contribution is 0.0513. The van der Waals surface area contributed by atoms with Crippen LogP contribution in [0, 0.1) is 10.8 Å². The van der Waals surface area contributed by atoms with Crippen molar-refractivity contribution in [2.45, 2.75) is 34.2 Å². The number of rotatable bonds is 7. The molecule has 2 heterocycles. The van der Waals surface area contributed by atoms with Gasteiger partial charge in [-0.05, 0) is 24.9 Å². The average Bonchev–Trinajstić information content (AvgIpc) is 3.02. The lowest BCUT2D eigenvalue weighted by Gasteiger charge is -2.13. The lowest BCUT2D eigenvalue weighted by Crippen LogP contribution is -2.31. The molecule has 0 saturated carbocycles. The molecule has 2 rings (SSSR count). The number of nitroso groups, excluding NO2 is 1. The lowest BCUT2D eigenvalue weighted by atomic mass is 10.2. The zero-order chi connectivity index (χ0) is 19.4. The van der Waals surface area contributed by atoms with Crippen LogP contribution in [0.3, 0.4) is 0 Å². The first kappa shape index (κ1) is 19.3. The van der Waals surface area contributed by atoms with Crippen LogP contribution >= 0.6 is 0 Å². The Labute approximate surface area is 148 Å². The number of esters is 2. The molecule has 140 valence electrons. The Balaban J connectivity index is 2.85. The average molecular weight is 364 g/mol. The molecule has 0 aliphatic rings. The topological polar surface area (TPSA) is 121 Å². The Bertz CT molecular complexity index is 912. The van der Waals surface area contributed by atoms with Crippen LogP contribution < -0.4 is 5.56 Å². The predicted octanol–water partition coefficient (Wildman–Crippen LogP) is 1.90. The highest BCUT2D eigenvalue weighted by atomic mass is 16.5. The highest BCUT2D eigenvalue weighted by Crippen LogP contribution is 2.21. The van der Waals surface area contributed by atoms with E-state index in [-0.39, 0.29) is 37.0 Å². The molecule has 0 amide bonds. The minimum Gasteiger partial charge on any atom is -0.462 e. The van der Waals surface area contributed by atoms with Crippen molar-refractivity contribution in [3.63, 3.8) is 0 Å². The second-order valence-electron chi connectivity index (χ2n) is 5.84. The number of carbonyl (C=O) groups excluding carboxylic acids is 2. The first-order valence-electron chi connectivity index (χ1n) is 8.19. The Hall–Kier alpha value is -3.04. The summed E-state index contributed by atoms with van der Waals surface area (Å²) in [6.45, 7) is 7.36. The maximum Gasteiger partial charge on any atom is 0.358 e. The van der Waals surface area contributed by atoms with Gasteiger partial charge in [0.25, 0.3) is 5.56 Å². The summed E-state index contributed by atoms with van der Waals surface area (Å²) in [4.78, 5) is 48.4. The normalized spacial score (nSPS) is 11.0. The summed E-state index contributed by atoms with van der Waals surface area (Å²) >= 11 is 0. The summed E-state index contributed by atoms with van der Waals surface area (Å²) in [5.74, 6) is -2.16. The summed E-state index contributed by atoms with van der Waals surface area (Å²) < 4.78 is 12.0. The van der Waals surface area contributed by atoms with Crippen molar-refractivity contribution in [2.75, 3.05) is 13.2 Å². The Morgan fingerprint density at radius 1 is 1.19 bits per heavy atom. The first-order valence-corrected chi connectivity index (χ1v) is 8.19. The molecular formula is C16H20N4O6. The summed E-state index contributed by atoms with van der Waals surface area (Å²) in [7, 11) is 0. The molecule has 2 aromatic heterocycles. The van der Waals surface area contributed by atoms with Gasteiger partial charge in [-0.2, -0.15) is 9.61 Å². The number of hydrogen-bond acceptors (Lipinski definition) is 8. The zero-order valence-corrected chi connectivity index (χ0v) is 15.0. The molecular weight excluding hydrogens is 344 g/mol. The first-order chi connectivity index (χ1) is 12.3. The number of carbonyl (C=O) groups is 2. The van der Waals surface area contributed by atoms with Gasteiger partial charge in [-0.25, -0.2) is 9.59 Å². The van der Waals surface area contributed by atoms with E-state index in [1.165, 1.54) is 10.6 Å². The van der Waals surface area contributed by atoms with Gasteiger partial charge in [-0.1, -0.05) is 13.8 Å². The molecule has 0 N–H and O–H groups in total.